The molecule has 1 saturated heterocycles. The lowest BCUT2D eigenvalue weighted by Gasteiger charge is -2.46. The second-order valence-corrected chi connectivity index (χ2v) is 10.3. The van der Waals surface area contributed by atoms with Gasteiger partial charge in [-0.05, 0) is 45.9 Å². The molecule has 0 saturated carbocycles. The van der Waals surface area contributed by atoms with Crippen LogP contribution in [0.2, 0.25) is 12.1 Å². The number of benzene rings is 1. The van der Waals surface area contributed by atoms with E-state index in [1.54, 1.807) is 7.11 Å². The summed E-state index contributed by atoms with van der Waals surface area (Å²) in [6, 6.07) is 11.7. The predicted octanol–water partition coefficient (Wildman–Crippen LogP) is 2.57. The highest BCUT2D eigenvalue weighted by Crippen LogP contribution is 2.39. The summed E-state index contributed by atoms with van der Waals surface area (Å²) in [5, 5.41) is 0.228. The molecule has 1 aliphatic heterocycles. The van der Waals surface area contributed by atoms with E-state index in [0.717, 1.165) is 12.3 Å². The zero-order chi connectivity index (χ0) is 15.5. The molecule has 3 nitrogen and oxygen atoms in total. The summed E-state index contributed by atoms with van der Waals surface area (Å²) >= 11 is 0. The van der Waals surface area contributed by atoms with E-state index in [1.165, 1.54) is 30.5 Å². The van der Waals surface area contributed by atoms with E-state index in [2.05, 4.69) is 62.3 Å². The average Bonchev–Trinajstić information content (AvgIpc) is 2.98. The average molecular weight is 307 g/mol. The van der Waals surface area contributed by atoms with E-state index >= 15 is 0 Å². The van der Waals surface area contributed by atoms with Gasteiger partial charge in [-0.2, -0.15) is 0 Å². The van der Waals surface area contributed by atoms with Crippen LogP contribution in [-0.4, -0.2) is 60.4 Å². The summed E-state index contributed by atoms with van der Waals surface area (Å²) in [7, 11) is 9.81. The number of hydrogen-bond donors (Lipinski definition) is 0. The molecule has 1 heterocycles. The highest BCUT2D eigenvalue weighted by molar-refractivity contribution is 6.63. The van der Waals surface area contributed by atoms with Crippen LogP contribution in [0.4, 0.5) is 0 Å². The summed E-state index contributed by atoms with van der Waals surface area (Å²) in [6.07, 6.45) is 2.85. The number of nitrogens with zero attached hydrogens (tertiary/aromatic N) is 2. The molecule has 0 aromatic heterocycles. The molecule has 1 unspecified atom stereocenters. The zero-order valence-electron chi connectivity index (χ0n) is 14.2. The summed E-state index contributed by atoms with van der Waals surface area (Å²) in [4.78, 5) is 4.85. The van der Waals surface area contributed by atoms with Crippen LogP contribution in [0.3, 0.4) is 0 Å². The van der Waals surface area contributed by atoms with Crippen molar-refractivity contribution < 1.29 is 4.74 Å². The van der Waals surface area contributed by atoms with Crippen molar-refractivity contribution >= 4 is 8.80 Å². The van der Waals surface area contributed by atoms with Crippen molar-refractivity contribution in [2.45, 2.75) is 30.1 Å². The van der Waals surface area contributed by atoms with Crippen molar-refractivity contribution in [3.63, 3.8) is 0 Å². The van der Waals surface area contributed by atoms with Crippen LogP contribution in [0.1, 0.15) is 18.4 Å². The number of likely N-dealkylation sites (N-methyl/N-ethyl adjacent to an activating group) is 2. The molecule has 0 aliphatic carbocycles. The Balaban J connectivity index is 2.45. The van der Waals surface area contributed by atoms with Gasteiger partial charge in [0.2, 0.25) is 0 Å². The van der Waals surface area contributed by atoms with Gasteiger partial charge in [0, 0.05) is 11.7 Å². The van der Waals surface area contributed by atoms with Gasteiger partial charge in [-0.3, -0.25) is 0 Å². The van der Waals surface area contributed by atoms with Crippen molar-refractivity contribution in [3.8, 4) is 5.75 Å². The summed E-state index contributed by atoms with van der Waals surface area (Å²) in [6.45, 7) is 1.11. The Hall–Kier alpha value is -0.843. The fourth-order valence-electron chi connectivity index (χ4n) is 3.99. The molecule has 0 spiro atoms. The van der Waals surface area contributed by atoms with Gasteiger partial charge in [0.1, 0.15) is 5.75 Å². The van der Waals surface area contributed by atoms with E-state index in [0.29, 0.717) is 0 Å². The van der Waals surface area contributed by atoms with Gasteiger partial charge >= 0.3 is 0 Å². The molecule has 21 heavy (non-hydrogen) atoms. The van der Waals surface area contributed by atoms with Crippen LogP contribution >= 0.6 is 0 Å². The van der Waals surface area contributed by atoms with E-state index < -0.39 is 8.80 Å². The first kappa shape index (κ1) is 16.5. The molecule has 118 valence electrons. The van der Waals surface area contributed by atoms with Crippen molar-refractivity contribution in [1.29, 1.82) is 0 Å². The second-order valence-electron chi connectivity index (χ2n) is 6.77. The van der Waals surface area contributed by atoms with Gasteiger partial charge < -0.3 is 14.5 Å². The van der Waals surface area contributed by atoms with Gasteiger partial charge in [-0.15, -0.1) is 0 Å². The number of methoxy groups -OCH3 is 1. The first-order valence-corrected chi connectivity index (χ1v) is 10.2. The topological polar surface area (TPSA) is 15.7 Å². The minimum Gasteiger partial charge on any atom is -0.497 e. The third-order valence-corrected chi connectivity index (χ3v) is 9.57. The molecule has 2 rings (SSSR count). The van der Waals surface area contributed by atoms with Crippen LogP contribution in [0, 0.1) is 0 Å². The summed E-state index contributed by atoms with van der Waals surface area (Å²) in [5.41, 5.74) is 1.47. The minimum atomic E-state index is -0.854. The first-order chi connectivity index (χ1) is 10.0. The normalized spacial score (nSPS) is 19.2. The largest absolute Gasteiger partial charge is 0.497 e. The summed E-state index contributed by atoms with van der Waals surface area (Å²) in [5.74, 6) is 0.948. The van der Waals surface area contributed by atoms with E-state index in [9.17, 15) is 0 Å². The van der Waals surface area contributed by atoms with Crippen LogP contribution in [0.25, 0.3) is 0 Å². The molecule has 1 aliphatic rings. The second kappa shape index (κ2) is 6.94. The Morgan fingerprint density at radius 1 is 1.05 bits per heavy atom. The van der Waals surface area contributed by atoms with E-state index in [4.69, 9.17) is 4.74 Å². The van der Waals surface area contributed by atoms with Crippen molar-refractivity contribution in [2.24, 2.45) is 0 Å². The molecule has 0 amide bonds. The third kappa shape index (κ3) is 3.33. The van der Waals surface area contributed by atoms with Gasteiger partial charge in [0.15, 0.2) is 0 Å². The van der Waals surface area contributed by atoms with Crippen molar-refractivity contribution in [2.75, 3.05) is 41.8 Å². The lowest BCUT2D eigenvalue weighted by atomic mass is 10.0. The molecular weight excluding hydrogens is 276 g/mol. The fraction of sp³-hybridized carbons (Fsp3) is 0.647. The Morgan fingerprint density at radius 3 is 2.05 bits per heavy atom. The van der Waals surface area contributed by atoms with Crippen LogP contribution < -0.4 is 4.74 Å². The van der Waals surface area contributed by atoms with Crippen molar-refractivity contribution in [3.05, 3.63) is 29.8 Å². The molecule has 1 aromatic rings. The lowest BCUT2D eigenvalue weighted by Crippen LogP contribution is -2.58. The Morgan fingerprint density at radius 2 is 1.62 bits per heavy atom. The van der Waals surface area contributed by atoms with Crippen molar-refractivity contribution in [1.82, 2.24) is 9.80 Å². The quantitative estimate of drug-likeness (QED) is 0.751. The Bertz CT molecular complexity index is 441. The zero-order valence-corrected chi connectivity index (χ0v) is 15.4. The van der Waals surface area contributed by atoms with Gasteiger partial charge in [0.25, 0.3) is 0 Å². The summed E-state index contributed by atoms with van der Waals surface area (Å²) < 4.78 is 5.34. The smallest absolute Gasteiger partial charge is 0.118 e. The number of rotatable bonds is 6. The van der Waals surface area contributed by atoms with Crippen LogP contribution in [0.15, 0.2) is 24.3 Å². The van der Waals surface area contributed by atoms with Gasteiger partial charge in [-0.25, -0.2) is 0 Å². The predicted molar refractivity (Wildman–Crippen MR) is 92.9 cm³/mol. The molecular formula is C17H30N2OSi. The maximum absolute atomic E-state index is 5.34. The number of ether oxygens (including phenoxy) is 1. The highest BCUT2D eigenvalue weighted by atomic mass is 28.3. The molecule has 0 N–H and O–H groups in total. The molecule has 1 fully saturated rings. The SMILES string of the molecule is COc1ccc(C(CN(C)C)(N(C)C)[SiH]2CCCC2)cc1. The monoisotopic (exact) mass is 306 g/mol. The minimum absolute atomic E-state index is 0.228. The van der Waals surface area contributed by atoms with Crippen LogP contribution in [0.5, 0.6) is 5.75 Å². The number of hydrogen-bond acceptors (Lipinski definition) is 3. The maximum atomic E-state index is 5.34. The standard InChI is InChI=1S/C17H30N2OSi/c1-18(2)14-17(19(3)4,21-12-6-7-13-21)15-8-10-16(20-5)11-9-15/h8-11,21H,6-7,12-14H2,1-5H3. The molecule has 1 atom stereocenters. The lowest BCUT2D eigenvalue weighted by molar-refractivity contribution is 0.182. The first-order valence-electron chi connectivity index (χ1n) is 7.97. The maximum Gasteiger partial charge on any atom is 0.118 e. The Kier molecular flexibility index (Phi) is 5.46. The van der Waals surface area contributed by atoms with Gasteiger partial charge in [-0.1, -0.05) is 37.1 Å². The molecule has 4 heteroatoms. The molecule has 1 aromatic carbocycles. The van der Waals surface area contributed by atoms with E-state index in [1.807, 2.05) is 0 Å². The van der Waals surface area contributed by atoms with E-state index in [-0.39, 0.29) is 5.16 Å². The Labute approximate surface area is 131 Å². The molecule has 0 bridgehead atoms. The molecule has 0 radical (unpaired) electrons. The fourth-order valence-corrected chi connectivity index (χ4v) is 8.81. The third-order valence-electron chi connectivity index (χ3n) is 4.98. The van der Waals surface area contributed by atoms with Crippen LogP contribution in [-0.2, 0) is 5.16 Å². The highest BCUT2D eigenvalue weighted by Gasteiger charge is 2.44. The van der Waals surface area contributed by atoms with Gasteiger partial charge in [0.05, 0.1) is 15.9 Å².